The number of benzene rings is 2. The first-order chi connectivity index (χ1) is 15.0. The Hall–Kier alpha value is -3.62. The molecular formula is C25H20ClN3O2. The maximum absolute atomic E-state index is 12.0. The Morgan fingerprint density at radius 1 is 1.03 bits per heavy atom. The number of aryl methyl sites for hydroxylation is 2. The minimum absolute atomic E-state index is 0.256. The van der Waals surface area contributed by atoms with E-state index in [1.807, 2.05) is 66.9 Å². The standard InChI is InChI=1S/C25H20ClN3O2/c1-16-13-22(25(30)31-3)28-24-23(16)27-17(2)29(24)15-20-12-11-19(14-21(20)26)10-9-18-7-5-4-6-8-18/h4-8,11-14H,15H2,1-3H3. The van der Waals surface area contributed by atoms with Crippen molar-refractivity contribution >= 4 is 28.7 Å². The Balaban J connectivity index is 1.68. The second kappa shape index (κ2) is 8.63. The number of aromatic nitrogens is 3. The first kappa shape index (κ1) is 20.6. The van der Waals surface area contributed by atoms with E-state index in [2.05, 4.69) is 21.8 Å². The van der Waals surface area contributed by atoms with Crippen molar-refractivity contribution in [1.29, 1.82) is 0 Å². The predicted octanol–water partition coefficient (Wildman–Crippen LogP) is 4.94. The SMILES string of the molecule is COC(=O)c1cc(C)c2nc(C)n(Cc3ccc(C#Cc4ccccc4)cc3Cl)c2n1. The average Bonchev–Trinajstić information content (AvgIpc) is 3.09. The molecule has 5 nitrogen and oxygen atoms in total. The van der Waals surface area contributed by atoms with Crippen LogP contribution >= 0.6 is 11.6 Å². The number of imidazole rings is 1. The molecule has 0 unspecified atom stereocenters. The third kappa shape index (κ3) is 4.30. The zero-order valence-electron chi connectivity index (χ0n) is 17.4. The van der Waals surface area contributed by atoms with Crippen molar-refractivity contribution in [2.75, 3.05) is 7.11 Å². The summed E-state index contributed by atoms with van der Waals surface area (Å²) in [6.07, 6.45) is 0. The molecule has 0 amide bonds. The van der Waals surface area contributed by atoms with E-state index in [9.17, 15) is 4.79 Å². The van der Waals surface area contributed by atoms with Gasteiger partial charge in [0.25, 0.3) is 0 Å². The molecule has 0 radical (unpaired) electrons. The van der Waals surface area contributed by atoms with Gasteiger partial charge >= 0.3 is 5.97 Å². The molecule has 0 aliphatic carbocycles. The monoisotopic (exact) mass is 429 g/mol. The Labute approximate surface area is 185 Å². The molecular weight excluding hydrogens is 410 g/mol. The van der Waals surface area contributed by atoms with E-state index < -0.39 is 5.97 Å². The Morgan fingerprint density at radius 3 is 2.48 bits per heavy atom. The number of pyridine rings is 1. The normalized spacial score (nSPS) is 10.6. The summed E-state index contributed by atoms with van der Waals surface area (Å²) in [5, 5.41) is 0.613. The molecule has 31 heavy (non-hydrogen) atoms. The lowest BCUT2D eigenvalue weighted by atomic mass is 10.1. The fourth-order valence-electron chi connectivity index (χ4n) is 3.34. The van der Waals surface area contributed by atoms with Crippen molar-refractivity contribution in [3.8, 4) is 11.8 Å². The summed E-state index contributed by atoms with van der Waals surface area (Å²) >= 11 is 6.57. The minimum atomic E-state index is -0.477. The molecule has 0 fully saturated rings. The van der Waals surface area contributed by atoms with E-state index in [0.717, 1.165) is 33.6 Å². The van der Waals surface area contributed by atoms with E-state index in [1.165, 1.54) is 7.11 Å². The van der Waals surface area contributed by atoms with Gasteiger partial charge in [0.05, 0.1) is 13.7 Å². The van der Waals surface area contributed by atoms with Gasteiger partial charge in [0.15, 0.2) is 11.3 Å². The number of halogens is 1. The largest absolute Gasteiger partial charge is 0.464 e. The molecule has 4 rings (SSSR count). The summed E-state index contributed by atoms with van der Waals surface area (Å²) < 4.78 is 6.78. The topological polar surface area (TPSA) is 57.0 Å². The van der Waals surface area contributed by atoms with Crippen molar-refractivity contribution in [3.63, 3.8) is 0 Å². The molecule has 0 saturated heterocycles. The average molecular weight is 430 g/mol. The first-order valence-electron chi connectivity index (χ1n) is 9.74. The highest BCUT2D eigenvalue weighted by Crippen LogP contribution is 2.24. The van der Waals surface area contributed by atoms with Crippen LogP contribution in [0.25, 0.3) is 11.2 Å². The van der Waals surface area contributed by atoms with Gasteiger partial charge in [-0.2, -0.15) is 0 Å². The zero-order chi connectivity index (χ0) is 22.0. The summed E-state index contributed by atoms with van der Waals surface area (Å²) in [5.74, 6) is 6.59. The summed E-state index contributed by atoms with van der Waals surface area (Å²) in [7, 11) is 1.34. The van der Waals surface area contributed by atoms with Gasteiger partial charge in [-0.25, -0.2) is 14.8 Å². The third-order valence-electron chi connectivity index (χ3n) is 4.99. The van der Waals surface area contributed by atoms with Gasteiger partial charge in [-0.3, -0.25) is 0 Å². The van der Waals surface area contributed by atoms with Crippen molar-refractivity contribution in [2.24, 2.45) is 0 Å². The Morgan fingerprint density at radius 2 is 1.77 bits per heavy atom. The summed E-state index contributed by atoms with van der Waals surface area (Å²) in [6.45, 7) is 4.29. The van der Waals surface area contributed by atoms with Crippen LogP contribution in [-0.2, 0) is 11.3 Å². The predicted molar refractivity (Wildman–Crippen MR) is 121 cm³/mol. The molecule has 0 saturated carbocycles. The van der Waals surface area contributed by atoms with Crippen molar-refractivity contribution in [2.45, 2.75) is 20.4 Å². The van der Waals surface area contributed by atoms with Crippen LogP contribution in [0.1, 0.15) is 38.6 Å². The number of fused-ring (bicyclic) bond motifs is 1. The highest BCUT2D eigenvalue weighted by molar-refractivity contribution is 6.31. The quantitative estimate of drug-likeness (QED) is 0.342. The number of hydrogen-bond donors (Lipinski definition) is 0. The van der Waals surface area contributed by atoms with Crippen molar-refractivity contribution < 1.29 is 9.53 Å². The van der Waals surface area contributed by atoms with E-state index >= 15 is 0 Å². The molecule has 0 aliphatic heterocycles. The van der Waals surface area contributed by atoms with Gasteiger partial charge in [0.2, 0.25) is 0 Å². The molecule has 2 aromatic carbocycles. The number of hydrogen-bond acceptors (Lipinski definition) is 4. The molecule has 2 aromatic heterocycles. The van der Waals surface area contributed by atoms with Crippen LogP contribution < -0.4 is 0 Å². The fraction of sp³-hybridized carbons (Fsp3) is 0.160. The molecule has 154 valence electrons. The van der Waals surface area contributed by atoms with E-state index in [0.29, 0.717) is 17.2 Å². The van der Waals surface area contributed by atoms with Crippen LogP contribution in [0.3, 0.4) is 0 Å². The lowest BCUT2D eigenvalue weighted by Crippen LogP contribution is -2.08. The third-order valence-corrected chi connectivity index (χ3v) is 5.34. The second-order valence-corrected chi connectivity index (χ2v) is 7.56. The molecule has 0 atom stereocenters. The summed E-state index contributed by atoms with van der Waals surface area (Å²) in [4.78, 5) is 21.1. The lowest BCUT2D eigenvalue weighted by Gasteiger charge is -2.10. The zero-order valence-corrected chi connectivity index (χ0v) is 18.2. The number of carbonyl (C=O) groups is 1. The molecule has 6 heteroatoms. The molecule has 2 heterocycles. The van der Waals surface area contributed by atoms with Gasteiger partial charge in [0, 0.05) is 16.1 Å². The second-order valence-electron chi connectivity index (χ2n) is 7.16. The van der Waals surface area contributed by atoms with Gasteiger partial charge in [-0.15, -0.1) is 0 Å². The van der Waals surface area contributed by atoms with Crippen LogP contribution in [0.15, 0.2) is 54.6 Å². The molecule has 4 aromatic rings. The number of methoxy groups -OCH3 is 1. The lowest BCUT2D eigenvalue weighted by molar-refractivity contribution is 0.0594. The Bertz CT molecular complexity index is 1350. The van der Waals surface area contributed by atoms with E-state index in [4.69, 9.17) is 16.3 Å². The molecule has 0 bridgehead atoms. The number of nitrogens with zero attached hydrogens (tertiary/aromatic N) is 3. The van der Waals surface area contributed by atoms with Gasteiger partial charge in [-0.1, -0.05) is 47.7 Å². The van der Waals surface area contributed by atoms with Crippen molar-refractivity contribution in [3.05, 3.63) is 93.4 Å². The summed E-state index contributed by atoms with van der Waals surface area (Å²) in [5.41, 5.74) is 5.21. The number of esters is 1. The maximum Gasteiger partial charge on any atom is 0.356 e. The van der Waals surface area contributed by atoms with Crippen LogP contribution in [0, 0.1) is 25.7 Å². The van der Waals surface area contributed by atoms with Crippen molar-refractivity contribution in [1.82, 2.24) is 14.5 Å². The number of carbonyl (C=O) groups excluding carboxylic acids is 1. The Kier molecular flexibility index (Phi) is 5.75. The van der Waals surface area contributed by atoms with Crippen LogP contribution in [0.2, 0.25) is 5.02 Å². The highest BCUT2D eigenvalue weighted by atomic mass is 35.5. The first-order valence-corrected chi connectivity index (χ1v) is 10.1. The van der Waals surface area contributed by atoms with Crippen LogP contribution in [0.5, 0.6) is 0 Å². The summed E-state index contributed by atoms with van der Waals surface area (Å²) in [6, 6.07) is 17.3. The number of ether oxygens (including phenoxy) is 1. The van der Waals surface area contributed by atoms with Crippen LogP contribution in [-0.4, -0.2) is 27.6 Å². The molecule has 0 aliphatic rings. The van der Waals surface area contributed by atoms with Gasteiger partial charge < -0.3 is 9.30 Å². The van der Waals surface area contributed by atoms with Gasteiger partial charge in [-0.05, 0) is 55.3 Å². The minimum Gasteiger partial charge on any atom is -0.464 e. The number of rotatable bonds is 3. The maximum atomic E-state index is 12.0. The fourth-order valence-corrected chi connectivity index (χ4v) is 3.58. The van der Waals surface area contributed by atoms with Gasteiger partial charge in [0.1, 0.15) is 11.3 Å². The molecule has 0 spiro atoms. The molecule has 0 N–H and O–H groups in total. The van der Waals surface area contributed by atoms with E-state index in [-0.39, 0.29) is 5.69 Å². The highest BCUT2D eigenvalue weighted by Gasteiger charge is 2.17. The van der Waals surface area contributed by atoms with Crippen LogP contribution in [0.4, 0.5) is 0 Å². The smallest absolute Gasteiger partial charge is 0.356 e. The van der Waals surface area contributed by atoms with E-state index in [1.54, 1.807) is 6.07 Å².